The molecule has 0 unspecified atom stereocenters. The molecule has 92 valence electrons. The first-order chi connectivity index (χ1) is 7.76. The van der Waals surface area contributed by atoms with Gasteiger partial charge in [0, 0.05) is 24.2 Å². The Morgan fingerprint density at radius 3 is 2.94 bits per heavy atom. The van der Waals surface area contributed by atoms with Crippen molar-refractivity contribution in [2.24, 2.45) is 0 Å². The van der Waals surface area contributed by atoms with E-state index in [4.69, 9.17) is 15.6 Å². The molecule has 0 radical (unpaired) electrons. The van der Waals surface area contributed by atoms with E-state index < -0.39 is 0 Å². The molecule has 1 rings (SSSR count). The summed E-state index contributed by atoms with van der Waals surface area (Å²) in [5, 5.41) is 9.18. The molecule has 5 nitrogen and oxygen atoms in total. The highest BCUT2D eigenvalue weighted by atomic mass is 32.1. The van der Waals surface area contributed by atoms with Crippen LogP contribution in [0.5, 0.6) is 0 Å². The van der Waals surface area contributed by atoms with Crippen molar-refractivity contribution < 1.29 is 9.84 Å². The number of thiazole rings is 1. The molecule has 0 aliphatic heterocycles. The maximum atomic E-state index is 8.57. The van der Waals surface area contributed by atoms with Gasteiger partial charge >= 0.3 is 0 Å². The van der Waals surface area contributed by atoms with Crippen molar-refractivity contribution in [1.82, 2.24) is 9.88 Å². The monoisotopic (exact) mass is 245 g/mol. The third kappa shape index (κ3) is 4.89. The predicted molar refractivity (Wildman–Crippen MR) is 65.4 cm³/mol. The Kier molecular flexibility index (Phi) is 6.32. The molecule has 1 heterocycles. The molecule has 16 heavy (non-hydrogen) atoms. The molecule has 1 aromatic rings. The van der Waals surface area contributed by atoms with Gasteiger partial charge in [-0.05, 0) is 6.54 Å². The third-order valence-electron chi connectivity index (χ3n) is 2.19. The molecule has 0 aromatic carbocycles. The minimum Gasteiger partial charge on any atom is -0.394 e. The van der Waals surface area contributed by atoms with Crippen molar-refractivity contribution in [3.8, 4) is 0 Å². The van der Waals surface area contributed by atoms with Gasteiger partial charge in [0.2, 0.25) is 0 Å². The largest absolute Gasteiger partial charge is 0.394 e. The van der Waals surface area contributed by atoms with E-state index in [1.54, 1.807) is 0 Å². The Balaban J connectivity index is 2.26. The van der Waals surface area contributed by atoms with Gasteiger partial charge in [0.05, 0.1) is 19.8 Å². The van der Waals surface area contributed by atoms with Crippen LogP contribution in [-0.4, -0.2) is 47.9 Å². The topological polar surface area (TPSA) is 71.6 Å². The van der Waals surface area contributed by atoms with Crippen LogP contribution in [0.1, 0.15) is 11.8 Å². The van der Waals surface area contributed by atoms with Gasteiger partial charge in [0.1, 0.15) is 0 Å². The summed E-state index contributed by atoms with van der Waals surface area (Å²) in [7, 11) is 0. The molecule has 0 saturated carbocycles. The summed E-state index contributed by atoms with van der Waals surface area (Å²) < 4.78 is 5.23. The standard InChI is InChI=1S/C10H19N3O2S/c1-2-13(3-5-15-6-4-14)8-9-7-12-10(11)16-9/h7,14H,2-6,8H2,1H3,(H2,11,12). The highest BCUT2D eigenvalue weighted by molar-refractivity contribution is 7.15. The molecule has 0 aliphatic rings. The fraction of sp³-hybridized carbons (Fsp3) is 0.700. The number of nitrogen functional groups attached to an aromatic ring is 1. The Labute approximate surface area is 99.9 Å². The van der Waals surface area contributed by atoms with Crippen LogP contribution in [0, 0.1) is 0 Å². The zero-order valence-corrected chi connectivity index (χ0v) is 10.4. The van der Waals surface area contributed by atoms with Crippen LogP contribution < -0.4 is 5.73 Å². The molecular formula is C10H19N3O2S. The number of rotatable bonds is 8. The van der Waals surface area contributed by atoms with Gasteiger partial charge in [0.15, 0.2) is 5.13 Å². The summed E-state index contributed by atoms with van der Waals surface area (Å²) in [5.74, 6) is 0. The SMILES string of the molecule is CCN(CCOCCO)Cc1cnc(N)s1. The maximum Gasteiger partial charge on any atom is 0.180 e. The summed E-state index contributed by atoms with van der Waals surface area (Å²) in [6, 6.07) is 0. The molecule has 0 atom stereocenters. The van der Waals surface area contributed by atoms with Crippen LogP contribution in [0.15, 0.2) is 6.20 Å². The van der Waals surface area contributed by atoms with Gasteiger partial charge in [0.25, 0.3) is 0 Å². The van der Waals surface area contributed by atoms with E-state index >= 15 is 0 Å². The van der Waals surface area contributed by atoms with E-state index in [1.807, 2.05) is 6.20 Å². The van der Waals surface area contributed by atoms with E-state index in [2.05, 4.69) is 16.8 Å². The average molecular weight is 245 g/mol. The van der Waals surface area contributed by atoms with E-state index in [1.165, 1.54) is 16.2 Å². The molecule has 0 aliphatic carbocycles. The Morgan fingerprint density at radius 1 is 1.56 bits per heavy atom. The zero-order chi connectivity index (χ0) is 11.8. The van der Waals surface area contributed by atoms with Crippen LogP contribution in [0.25, 0.3) is 0 Å². The van der Waals surface area contributed by atoms with Gasteiger partial charge in [-0.25, -0.2) is 4.98 Å². The predicted octanol–water partition coefficient (Wildman–Crippen LogP) is 0.556. The maximum absolute atomic E-state index is 8.57. The van der Waals surface area contributed by atoms with Crippen LogP contribution in [0.4, 0.5) is 5.13 Å². The lowest BCUT2D eigenvalue weighted by Crippen LogP contribution is -2.27. The molecule has 0 saturated heterocycles. The zero-order valence-electron chi connectivity index (χ0n) is 9.56. The number of aromatic nitrogens is 1. The quantitative estimate of drug-likeness (QED) is 0.655. The van der Waals surface area contributed by atoms with E-state index in [0.717, 1.165) is 19.6 Å². The number of aliphatic hydroxyl groups is 1. The van der Waals surface area contributed by atoms with Gasteiger partial charge in [-0.15, -0.1) is 11.3 Å². The van der Waals surface area contributed by atoms with Crippen molar-refractivity contribution in [3.63, 3.8) is 0 Å². The number of anilines is 1. The molecule has 0 spiro atoms. The summed E-state index contributed by atoms with van der Waals surface area (Å²) in [6.07, 6.45) is 1.82. The molecular weight excluding hydrogens is 226 g/mol. The van der Waals surface area contributed by atoms with Gasteiger partial charge in [-0.2, -0.15) is 0 Å². The molecule has 0 amide bonds. The summed E-state index contributed by atoms with van der Waals surface area (Å²) >= 11 is 1.52. The highest BCUT2D eigenvalue weighted by Gasteiger charge is 2.06. The van der Waals surface area contributed by atoms with Crippen LogP contribution in [0.3, 0.4) is 0 Å². The summed E-state index contributed by atoms with van der Waals surface area (Å²) in [5.41, 5.74) is 5.57. The lowest BCUT2D eigenvalue weighted by Gasteiger charge is -2.18. The van der Waals surface area contributed by atoms with Gasteiger partial charge in [-0.3, -0.25) is 4.90 Å². The Bertz CT molecular complexity index is 293. The minimum atomic E-state index is 0.0809. The Hall–Kier alpha value is -0.690. The third-order valence-corrected chi connectivity index (χ3v) is 3.00. The average Bonchev–Trinajstić information content (AvgIpc) is 2.68. The molecule has 6 heteroatoms. The van der Waals surface area contributed by atoms with Gasteiger partial charge < -0.3 is 15.6 Å². The number of likely N-dealkylation sites (N-methyl/N-ethyl adjacent to an activating group) is 1. The lowest BCUT2D eigenvalue weighted by atomic mass is 10.4. The number of ether oxygens (including phenoxy) is 1. The van der Waals surface area contributed by atoms with E-state index in [0.29, 0.717) is 18.3 Å². The van der Waals surface area contributed by atoms with Crippen molar-refractivity contribution in [2.75, 3.05) is 38.6 Å². The molecule has 1 aromatic heterocycles. The summed E-state index contributed by atoms with van der Waals surface area (Å²) in [4.78, 5) is 7.44. The smallest absolute Gasteiger partial charge is 0.180 e. The van der Waals surface area contributed by atoms with Crippen LogP contribution >= 0.6 is 11.3 Å². The van der Waals surface area contributed by atoms with Crippen LogP contribution in [0.2, 0.25) is 0 Å². The number of hydrogen-bond acceptors (Lipinski definition) is 6. The second-order valence-electron chi connectivity index (χ2n) is 3.37. The first-order valence-electron chi connectivity index (χ1n) is 5.37. The minimum absolute atomic E-state index is 0.0809. The van der Waals surface area contributed by atoms with E-state index in [9.17, 15) is 0 Å². The first-order valence-corrected chi connectivity index (χ1v) is 6.19. The fourth-order valence-electron chi connectivity index (χ4n) is 1.33. The number of aliphatic hydroxyl groups excluding tert-OH is 1. The van der Waals surface area contributed by atoms with E-state index in [-0.39, 0.29) is 6.61 Å². The normalized spacial score (nSPS) is 11.2. The molecule has 0 bridgehead atoms. The van der Waals surface area contributed by atoms with Crippen molar-refractivity contribution in [1.29, 1.82) is 0 Å². The Morgan fingerprint density at radius 2 is 2.38 bits per heavy atom. The second kappa shape index (κ2) is 7.56. The van der Waals surface area contributed by atoms with Crippen molar-refractivity contribution in [2.45, 2.75) is 13.5 Å². The second-order valence-corrected chi connectivity index (χ2v) is 4.52. The number of nitrogens with zero attached hydrogens (tertiary/aromatic N) is 2. The van der Waals surface area contributed by atoms with Gasteiger partial charge in [-0.1, -0.05) is 6.92 Å². The molecule has 3 N–H and O–H groups in total. The lowest BCUT2D eigenvalue weighted by molar-refractivity contribution is 0.0734. The van der Waals surface area contributed by atoms with Crippen LogP contribution in [-0.2, 0) is 11.3 Å². The fourth-order valence-corrected chi connectivity index (χ4v) is 2.05. The summed E-state index contributed by atoms with van der Waals surface area (Å²) in [6.45, 7) is 5.91. The molecule has 0 fully saturated rings. The van der Waals surface area contributed by atoms with Crippen molar-refractivity contribution >= 4 is 16.5 Å². The number of nitrogens with two attached hydrogens (primary N) is 1. The van der Waals surface area contributed by atoms with Crippen molar-refractivity contribution in [3.05, 3.63) is 11.1 Å². The first kappa shape index (κ1) is 13.4. The highest BCUT2D eigenvalue weighted by Crippen LogP contribution is 2.16. The number of hydrogen-bond donors (Lipinski definition) is 2.